The molecule has 0 unspecified atom stereocenters. The number of amides is 1. The van der Waals surface area contributed by atoms with Gasteiger partial charge in [0.2, 0.25) is 0 Å². The van der Waals surface area contributed by atoms with Crippen LogP contribution < -0.4 is 5.32 Å². The van der Waals surface area contributed by atoms with Gasteiger partial charge in [0.1, 0.15) is 11.3 Å². The van der Waals surface area contributed by atoms with Crippen LogP contribution in [0.2, 0.25) is 0 Å². The van der Waals surface area contributed by atoms with Crippen LogP contribution in [0.25, 0.3) is 55.7 Å². The van der Waals surface area contributed by atoms with E-state index in [2.05, 4.69) is 46.5 Å². The third kappa shape index (κ3) is 4.17. The van der Waals surface area contributed by atoms with Crippen LogP contribution >= 0.6 is 0 Å². The molecule has 9 heteroatoms. The van der Waals surface area contributed by atoms with Crippen LogP contribution in [0.5, 0.6) is 0 Å². The van der Waals surface area contributed by atoms with Gasteiger partial charge in [-0.3, -0.25) is 24.8 Å². The number of carbonyl (C=O) groups excluding carboxylic acids is 1. The first kappa shape index (κ1) is 22.5. The number of pyridine rings is 4. The number of carbonyl (C=O) groups is 1. The number of nitrogens with one attached hydrogen (secondary N) is 3. The molecule has 39 heavy (non-hydrogen) atoms. The predicted octanol–water partition coefficient (Wildman–Crippen LogP) is 5.88. The van der Waals surface area contributed by atoms with E-state index in [0.29, 0.717) is 16.9 Å². The van der Waals surface area contributed by atoms with Crippen molar-refractivity contribution < 1.29 is 4.79 Å². The van der Waals surface area contributed by atoms with Gasteiger partial charge in [-0.15, -0.1) is 0 Å². The second kappa shape index (κ2) is 9.31. The summed E-state index contributed by atoms with van der Waals surface area (Å²) in [7, 11) is 0. The highest BCUT2D eigenvalue weighted by Gasteiger charge is 2.16. The number of aromatic amines is 2. The van der Waals surface area contributed by atoms with Crippen LogP contribution in [0.15, 0.2) is 104 Å². The van der Waals surface area contributed by atoms with Gasteiger partial charge >= 0.3 is 0 Å². The molecular formula is C30H20N8O. The number of hydrogen-bond donors (Lipinski definition) is 3. The van der Waals surface area contributed by atoms with E-state index >= 15 is 0 Å². The maximum absolute atomic E-state index is 12.6. The Balaban J connectivity index is 1.25. The van der Waals surface area contributed by atoms with Gasteiger partial charge in [0.25, 0.3) is 5.91 Å². The summed E-state index contributed by atoms with van der Waals surface area (Å²) >= 11 is 0. The van der Waals surface area contributed by atoms with E-state index in [4.69, 9.17) is 0 Å². The van der Waals surface area contributed by atoms with Crippen molar-refractivity contribution in [2.24, 2.45) is 0 Å². The Morgan fingerprint density at radius 2 is 1.67 bits per heavy atom. The van der Waals surface area contributed by atoms with Gasteiger partial charge < -0.3 is 10.3 Å². The van der Waals surface area contributed by atoms with E-state index in [1.165, 1.54) is 0 Å². The molecule has 0 atom stereocenters. The zero-order valence-electron chi connectivity index (χ0n) is 20.5. The molecule has 0 bridgehead atoms. The largest absolute Gasteiger partial charge is 0.338 e. The van der Waals surface area contributed by atoms with E-state index in [9.17, 15) is 4.79 Å². The summed E-state index contributed by atoms with van der Waals surface area (Å²) in [6, 6.07) is 20.9. The Morgan fingerprint density at radius 3 is 2.54 bits per heavy atom. The van der Waals surface area contributed by atoms with Gasteiger partial charge in [0.15, 0.2) is 0 Å². The van der Waals surface area contributed by atoms with Crippen LogP contribution in [0.4, 0.5) is 5.69 Å². The van der Waals surface area contributed by atoms with Crippen molar-refractivity contribution >= 4 is 33.5 Å². The lowest BCUT2D eigenvalue weighted by Crippen LogP contribution is -2.11. The lowest BCUT2D eigenvalue weighted by atomic mass is 10.1. The molecule has 6 heterocycles. The molecule has 9 nitrogen and oxygen atoms in total. The second-order valence-corrected chi connectivity index (χ2v) is 9.02. The highest BCUT2D eigenvalue weighted by Crippen LogP contribution is 2.34. The molecule has 7 rings (SSSR count). The van der Waals surface area contributed by atoms with Crippen molar-refractivity contribution in [2.45, 2.75) is 0 Å². The van der Waals surface area contributed by atoms with Gasteiger partial charge in [0, 0.05) is 52.3 Å². The number of aromatic nitrogens is 7. The van der Waals surface area contributed by atoms with Gasteiger partial charge in [-0.2, -0.15) is 5.10 Å². The first-order valence-corrected chi connectivity index (χ1v) is 12.3. The van der Waals surface area contributed by atoms with Crippen LogP contribution in [0.1, 0.15) is 10.4 Å². The molecule has 0 aliphatic carbocycles. The average Bonchev–Trinajstić information content (AvgIpc) is 3.62. The fraction of sp³-hybridized carbons (Fsp3) is 0. The van der Waals surface area contributed by atoms with Crippen molar-refractivity contribution in [3.05, 3.63) is 109 Å². The average molecular weight is 509 g/mol. The second-order valence-electron chi connectivity index (χ2n) is 9.02. The molecule has 6 aromatic heterocycles. The molecule has 0 fully saturated rings. The number of fused-ring (bicyclic) bond motifs is 2. The van der Waals surface area contributed by atoms with Crippen LogP contribution in [-0.4, -0.2) is 41.0 Å². The highest BCUT2D eigenvalue weighted by molar-refractivity contribution is 6.04. The molecule has 0 radical (unpaired) electrons. The Morgan fingerprint density at radius 1 is 0.769 bits per heavy atom. The smallest absolute Gasteiger partial charge is 0.255 e. The van der Waals surface area contributed by atoms with E-state index in [1.54, 1.807) is 43.1 Å². The molecule has 1 amide bonds. The van der Waals surface area contributed by atoms with Crippen LogP contribution in [0, 0.1) is 0 Å². The minimum atomic E-state index is -0.201. The summed E-state index contributed by atoms with van der Waals surface area (Å²) < 4.78 is 0. The number of nitrogens with zero attached hydrogens (tertiary/aromatic N) is 5. The summed E-state index contributed by atoms with van der Waals surface area (Å²) in [6.07, 6.45) is 10.5. The lowest BCUT2D eigenvalue weighted by Gasteiger charge is -2.07. The number of hydrogen-bond acceptors (Lipinski definition) is 6. The SMILES string of the molecule is O=C(Nc1cncc(-c2cc3c(-c4cc5c(-c6cccnc6)ccnc5[nH]4)n[nH]c3cn2)c1)c1ccccc1. The zero-order chi connectivity index (χ0) is 26.2. The summed E-state index contributed by atoms with van der Waals surface area (Å²) in [4.78, 5) is 33.7. The summed E-state index contributed by atoms with van der Waals surface area (Å²) in [5.41, 5.74) is 7.84. The van der Waals surface area contributed by atoms with Crippen LogP contribution in [-0.2, 0) is 0 Å². The van der Waals surface area contributed by atoms with E-state index in [-0.39, 0.29) is 5.91 Å². The number of benzene rings is 1. The number of anilines is 1. The third-order valence-electron chi connectivity index (χ3n) is 6.53. The molecular weight excluding hydrogens is 488 g/mol. The van der Waals surface area contributed by atoms with E-state index < -0.39 is 0 Å². The third-order valence-corrected chi connectivity index (χ3v) is 6.53. The molecule has 0 aliphatic rings. The van der Waals surface area contributed by atoms with Gasteiger partial charge in [-0.05, 0) is 48.0 Å². The minimum absolute atomic E-state index is 0.201. The van der Waals surface area contributed by atoms with Gasteiger partial charge in [0.05, 0.1) is 35.0 Å². The molecule has 0 saturated heterocycles. The first-order valence-electron chi connectivity index (χ1n) is 12.3. The minimum Gasteiger partial charge on any atom is -0.338 e. The predicted molar refractivity (Wildman–Crippen MR) is 150 cm³/mol. The van der Waals surface area contributed by atoms with E-state index in [1.807, 2.05) is 54.7 Å². The molecule has 1 aromatic carbocycles. The van der Waals surface area contributed by atoms with E-state index in [0.717, 1.165) is 50.0 Å². The molecule has 0 aliphatic heterocycles. The summed E-state index contributed by atoms with van der Waals surface area (Å²) in [5.74, 6) is -0.201. The van der Waals surface area contributed by atoms with Gasteiger partial charge in [-0.1, -0.05) is 24.3 Å². The quantitative estimate of drug-likeness (QED) is 0.267. The topological polar surface area (TPSA) is 125 Å². The normalized spacial score (nSPS) is 11.2. The summed E-state index contributed by atoms with van der Waals surface area (Å²) in [6.45, 7) is 0. The molecule has 0 saturated carbocycles. The standard InChI is InChI=1S/C30H20N8O/c39-30(18-5-2-1-3-6-18)35-21-11-20(15-32-16-21)25-13-24-27(17-34-25)37-38-28(24)26-12-23-22(8-10-33-29(23)36-26)19-7-4-9-31-14-19/h1-17H,(H,33,36)(H,35,39)(H,37,38). The Labute approximate surface area is 222 Å². The maximum atomic E-state index is 12.6. The van der Waals surface area contributed by atoms with Crippen molar-refractivity contribution in [1.82, 2.24) is 35.1 Å². The summed E-state index contributed by atoms with van der Waals surface area (Å²) in [5, 5.41) is 12.4. The Kier molecular flexibility index (Phi) is 5.37. The molecule has 7 aromatic rings. The van der Waals surface area contributed by atoms with Crippen molar-refractivity contribution in [1.29, 1.82) is 0 Å². The lowest BCUT2D eigenvalue weighted by molar-refractivity contribution is 0.102. The molecule has 3 N–H and O–H groups in total. The zero-order valence-corrected chi connectivity index (χ0v) is 20.5. The monoisotopic (exact) mass is 508 g/mol. The highest BCUT2D eigenvalue weighted by atomic mass is 16.1. The fourth-order valence-electron chi connectivity index (χ4n) is 4.65. The van der Waals surface area contributed by atoms with Crippen molar-refractivity contribution in [3.63, 3.8) is 0 Å². The maximum Gasteiger partial charge on any atom is 0.255 e. The Hall–Kier alpha value is -5.70. The van der Waals surface area contributed by atoms with Gasteiger partial charge in [-0.25, -0.2) is 4.98 Å². The number of H-pyrrole nitrogens is 2. The van der Waals surface area contributed by atoms with Crippen LogP contribution in [0.3, 0.4) is 0 Å². The molecule has 186 valence electrons. The Bertz CT molecular complexity index is 1960. The fourth-order valence-corrected chi connectivity index (χ4v) is 4.65. The van der Waals surface area contributed by atoms with Crippen molar-refractivity contribution in [2.75, 3.05) is 5.32 Å². The molecule has 0 spiro atoms. The number of rotatable bonds is 5. The van der Waals surface area contributed by atoms with Crippen molar-refractivity contribution in [3.8, 4) is 33.8 Å². The first-order chi connectivity index (χ1) is 19.2.